The van der Waals surface area contributed by atoms with Crippen LogP contribution in [0.3, 0.4) is 0 Å². The Hall–Kier alpha value is -1.43. The number of allylic oxidation sites excluding steroid dienone is 2. The highest BCUT2D eigenvalue weighted by molar-refractivity contribution is 7.57. The van der Waals surface area contributed by atoms with Crippen LogP contribution in [0.4, 0.5) is 0 Å². The second-order valence-electron chi connectivity index (χ2n) is 7.81. The molecule has 6 atom stereocenters. The summed E-state index contributed by atoms with van der Waals surface area (Å²) in [5.41, 5.74) is 0. The van der Waals surface area contributed by atoms with Gasteiger partial charge in [-0.2, -0.15) is 0 Å². The summed E-state index contributed by atoms with van der Waals surface area (Å²) in [6.07, 6.45) is 7.82. The minimum atomic E-state index is -2.96. The minimum Gasteiger partial charge on any atom is -0.491 e. The monoisotopic (exact) mass is 424 g/mol. The van der Waals surface area contributed by atoms with Gasteiger partial charge >= 0.3 is 0 Å². The van der Waals surface area contributed by atoms with Crippen molar-refractivity contribution >= 4 is 7.37 Å². The average molecular weight is 424 g/mol. The molecule has 0 spiro atoms. The molecule has 2 rings (SSSR count). The van der Waals surface area contributed by atoms with E-state index in [2.05, 4.69) is 0 Å². The lowest BCUT2D eigenvalue weighted by molar-refractivity contribution is 0.120. The van der Waals surface area contributed by atoms with Gasteiger partial charge in [0, 0.05) is 25.2 Å². The average Bonchev–Trinajstić information content (AvgIpc) is 2.93. The Morgan fingerprint density at radius 3 is 2.62 bits per heavy atom. The van der Waals surface area contributed by atoms with E-state index in [1.807, 2.05) is 42.5 Å². The summed E-state index contributed by atoms with van der Waals surface area (Å²) in [5.74, 6) is 0.309. The van der Waals surface area contributed by atoms with E-state index in [0.717, 1.165) is 0 Å². The SMILES string of the molecule is CP(=O)(O)CCC/C=C\C[C@@H]1[C@@H](/C=C/[C@H](O)COc2ccccc2)[C@H](O)C[C@@H]1O. The summed E-state index contributed by atoms with van der Waals surface area (Å²) in [7, 11) is -2.96. The van der Waals surface area contributed by atoms with Gasteiger partial charge < -0.3 is 24.9 Å². The number of hydrogen-bond acceptors (Lipinski definition) is 5. The van der Waals surface area contributed by atoms with Gasteiger partial charge in [0.15, 0.2) is 7.37 Å². The molecule has 1 aromatic rings. The second-order valence-corrected chi connectivity index (χ2v) is 10.4. The Morgan fingerprint density at radius 1 is 1.21 bits per heavy atom. The lowest BCUT2D eigenvalue weighted by Crippen LogP contribution is -2.21. The largest absolute Gasteiger partial charge is 0.491 e. The fraction of sp³-hybridized carbons (Fsp3) is 0.545. The standard InChI is InChI=1S/C22H33O6P/c1-29(26,27)14-8-3-2-7-11-19-20(22(25)15-21(19)24)13-12-17(23)16-28-18-9-5-4-6-10-18/h2,4-7,9-10,12-13,17,19-25H,3,8,11,14-16H2,1H3,(H,26,27)/b7-2-,13-12+/t17-,19+,20+,21-,22+/m0/s1. The maximum atomic E-state index is 11.3. The molecule has 162 valence electrons. The van der Waals surface area contributed by atoms with E-state index in [0.29, 0.717) is 37.6 Å². The van der Waals surface area contributed by atoms with Crippen LogP contribution in [0.15, 0.2) is 54.6 Å². The minimum absolute atomic E-state index is 0.114. The van der Waals surface area contributed by atoms with Gasteiger partial charge in [-0.15, -0.1) is 0 Å². The number of aliphatic hydroxyl groups excluding tert-OH is 3. The first-order chi connectivity index (χ1) is 13.8. The first-order valence-electron chi connectivity index (χ1n) is 10.1. The lowest BCUT2D eigenvalue weighted by Gasteiger charge is -2.19. The van der Waals surface area contributed by atoms with Gasteiger partial charge in [-0.05, 0) is 37.3 Å². The highest BCUT2D eigenvalue weighted by Gasteiger charge is 2.39. The summed E-state index contributed by atoms with van der Waals surface area (Å²) in [6.45, 7) is 1.48. The molecule has 1 aliphatic rings. The number of rotatable bonds is 11. The summed E-state index contributed by atoms with van der Waals surface area (Å²) in [6, 6.07) is 9.23. The maximum Gasteiger partial charge on any atom is 0.197 e. The van der Waals surface area contributed by atoms with Crippen LogP contribution < -0.4 is 4.74 Å². The van der Waals surface area contributed by atoms with Crippen LogP contribution in [0.1, 0.15) is 25.7 Å². The number of ether oxygens (including phenoxy) is 1. The predicted molar refractivity (Wildman–Crippen MR) is 114 cm³/mol. The molecule has 1 unspecified atom stereocenters. The van der Waals surface area contributed by atoms with E-state index in [9.17, 15) is 24.8 Å². The van der Waals surface area contributed by atoms with E-state index in [4.69, 9.17) is 4.74 Å². The normalized spacial score (nSPS) is 28.0. The highest BCUT2D eigenvalue weighted by atomic mass is 31.2. The van der Waals surface area contributed by atoms with E-state index < -0.39 is 25.7 Å². The van der Waals surface area contributed by atoms with Gasteiger partial charge in [-0.3, -0.25) is 4.57 Å². The van der Waals surface area contributed by atoms with Crippen molar-refractivity contribution in [2.24, 2.45) is 11.8 Å². The van der Waals surface area contributed by atoms with E-state index in [-0.39, 0.29) is 18.4 Å². The maximum absolute atomic E-state index is 11.3. The van der Waals surface area contributed by atoms with Crippen molar-refractivity contribution in [1.29, 1.82) is 0 Å². The van der Waals surface area contributed by atoms with Gasteiger partial charge in [-0.25, -0.2) is 0 Å². The van der Waals surface area contributed by atoms with Crippen LogP contribution in [-0.2, 0) is 4.57 Å². The molecule has 0 aromatic heterocycles. The van der Waals surface area contributed by atoms with Crippen LogP contribution in [0.5, 0.6) is 5.75 Å². The van der Waals surface area contributed by atoms with Crippen molar-refractivity contribution in [1.82, 2.24) is 0 Å². The molecule has 0 saturated heterocycles. The zero-order valence-electron chi connectivity index (χ0n) is 16.9. The molecule has 29 heavy (non-hydrogen) atoms. The molecule has 0 aliphatic heterocycles. The van der Waals surface area contributed by atoms with Crippen LogP contribution in [-0.4, -0.2) is 58.0 Å². The van der Waals surface area contributed by atoms with E-state index >= 15 is 0 Å². The summed E-state index contributed by atoms with van der Waals surface area (Å²) in [4.78, 5) is 9.29. The molecule has 0 radical (unpaired) electrons. The van der Waals surface area contributed by atoms with Crippen LogP contribution in [0.25, 0.3) is 0 Å². The molecule has 6 nitrogen and oxygen atoms in total. The number of aliphatic hydroxyl groups is 3. The number of para-hydroxylation sites is 1. The summed E-state index contributed by atoms with van der Waals surface area (Å²) < 4.78 is 16.8. The first-order valence-corrected chi connectivity index (χ1v) is 12.4. The Labute approximate surface area is 173 Å². The Balaban J connectivity index is 1.81. The van der Waals surface area contributed by atoms with Crippen molar-refractivity contribution in [2.75, 3.05) is 19.4 Å². The molecule has 4 N–H and O–H groups in total. The third-order valence-electron chi connectivity index (χ3n) is 5.15. The van der Waals surface area contributed by atoms with Crippen LogP contribution >= 0.6 is 7.37 Å². The highest BCUT2D eigenvalue weighted by Crippen LogP contribution is 2.37. The molecule has 1 saturated carbocycles. The first kappa shape index (κ1) is 23.8. The van der Waals surface area contributed by atoms with Crippen LogP contribution in [0, 0.1) is 11.8 Å². The van der Waals surface area contributed by atoms with Crippen molar-refractivity contribution < 1.29 is 29.5 Å². The molecule has 0 amide bonds. The van der Waals surface area contributed by atoms with Gasteiger partial charge in [-0.1, -0.05) is 42.5 Å². The van der Waals surface area contributed by atoms with Crippen molar-refractivity contribution in [3.05, 3.63) is 54.6 Å². The molecule has 0 bridgehead atoms. The second kappa shape index (κ2) is 11.7. The van der Waals surface area contributed by atoms with Gasteiger partial charge in [0.2, 0.25) is 0 Å². The van der Waals surface area contributed by atoms with Gasteiger partial charge in [0.1, 0.15) is 18.5 Å². The summed E-state index contributed by atoms with van der Waals surface area (Å²) in [5, 5.41) is 30.7. The Morgan fingerprint density at radius 2 is 1.93 bits per heavy atom. The number of unbranched alkanes of at least 4 members (excludes halogenated alkanes) is 1. The van der Waals surface area contributed by atoms with E-state index in [1.54, 1.807) is 12.2 Å². The fourth-order valence-electron chi connectivity index (χ4n) is 3.59. The molecular weight excluding hydrogens is 391 g/mol. The zero-order chi connectivity index (χ0) is 21.3. The quantitative estimate of drug-likeness (QED) is 0.247. The molecule has 1 aromatic carbocycles. The fourth-order valence-corrected chi connectivity index (χ4v) is 4.36. The van der Waals surface area contributed by atoms with Crippen molar-refractivity contribution in [3.8, 4) is 5.75 Å². The third kappa shape index (κ3) is 8.85. The smallest absolute Gasteiger partial charge is 0.197 e. The van der Waals surface area contributed by atoms with Crippen molar-refractivity contribution in [3.63, 3.8) is 0 Å². The molecule has 0 heterocycles. The van der Waals surface area contributed by atoms with Gasteiger partial charge in [0.05, 0.1) is 12.2 Å². The lowest BCUT2D eigenvalue weighted by atomic mass is 9.89. The third-order valence-corrected chi connectivity index (χ3v) is 6.30. The molecule has 1 aliphatic carbocycles. The van der Waals surface area contributed by atoms with Gasteiger partial charge in [0.25, 0.3) is 0 Å². The number of benzene rings is 1. The molecule has 7 heteroatoms. The topological polar surface area (TPSA) is 107 Å². The van der Waals surface area contributed by atoms with Crippen LogP contribution in [0.2, 0.25) is 0 Å². The van der Waals surface area contributed by atoms with Crippen molar-refractivity contribution in [2.45, 2.75) is 44.0 Å². The zero-order valence-corrected chi connectivity index (χ0v) is 17.8. The Bertz CT molecular complexity index is 699. The molecule has 1 fully saturated rings. The Kier molecular flexibility index (Phi) is 9.60. The van der Waals surface area contributed by atoms with E-state index in [1.165, 1.54) is 6.66 Å². The number of hydrogen-bond donors (Lipinski definition) is 4. The summed E-state index contributed by atoms with van der Waals surface area (Å²) >= 11 is 0. The molecular formula is C22H33O6P. The predicted octanol–water partition coefficient (Wildman–Crippen LogP) is 2.97.